The summed E-state index contributed by atoms with van der Waals surface area (Å²) in [4.78, 5) is 22.0. The number of aromatic nitrogens is 5. The topological polar surface area (TPSA) is 86.3 Å². The molecule has 5 aromatic rings. The van der Waals surface area contributed by atoms with Gasteiger partial charge in [0, 0.05) is 17.6 Å². The van der Waals surface area contributed by atoms with Crippen LogP contribution in [0.5, 0.6) is 5.88 Å². The van der Waals surface area contributed by atoms with Crippen LogP contribution < -0.4 is 10.1 Å². The monoisotopic (exact) mass is 440 g/mol. The number of hydrogen-bond donors (Lipinski definition) is 1. The van der Waals surface area contributed by atoms with E-state index in [1.165, 1.54) is 0 Å². The van der Waals surface area contributed by atoms with Gasteiger partial charge in [0.05, 0.1) is 41.9 Å². The predicted molar refractivity (Wildman–Crippen MR) is 127 cm³/mol. The molecule has 0 spiro atoms. The lowest BCUT2D eigenvalue weighted by molar-refractivity contribution is 0.102. The van der Waals surface area contributed by atoms with Gasteiger partial charge in [0.25, 0.3) is 5.91 Å². The molecule has 0 saturated carbocycles. The zero-order valence-electron chi connectivity index (χ0n) is 18.5. The Balaban J connectivity index is 1.50. The second-order valence-electron chi connectivity index (χ2n) is 7.58. The van der Waals surface area contributed by atoms with Gasteiger partial charge < -0.3 is 10.1 Å². The Morgan fingerprint density at radius 3 is 2.79 bits per heavy atom. The van der Waals surface area contributed by atoms with Crippen LogP contribution in [0.15, 0.2) is 67.0 Å². The third kappa shape index (κ3) is 3.91. The molecule has 166 valence electrons. The van der Waals surface area contributed by atoms with Crippen molar-refractivity contribution in [3.8, 4) is 5.88 Å². The van der Waals surface area contributed by atoms with Gasteiger partial charge in [0.15, 0.2) is 0 Å². The molecule has 1 N–H and O–H groups in total. The molecule has 5 rings (SSSR count). The minimum atomic E-state index is -0.220. The molecule has 1 amide bonds. The van der Waals surface area contributed by atoms with Gasteiger partial charge in [0.1, 0.15) is 11.3 Å². The van der Waals surface area contributed by atoms with Crippen molar-refractivity contribution in [2.45, 2.75) is 26.8 Å². The number of amides is 1. The van der Waals surface area contributed by atoms with Crippen LogP contribution in [0.1, 0.15) is 35.7 Å². The van der Waals surface area contributed by atoms with Crippen molar-refractivity contribution in [1.29, 1.82) is 0 Å². The molecule has 33 heavy (non-hydrogen) atoms. The fourth-order valence-corrected chi connectivity index (χ4v) is 3.99. The number of ether oxygens (including phenoxy) is 1. The molecule has 0 bridgehead atoms. The minimum Gasteiger partial charge on any atom is -0.478 e. The number of pyridine rings is 2. The molecule has 0 unspecified atom stereocenters. The zero-order chi connectivity index (χ0) is 22.8. The second-order valence-corrected chi connectivity index (χ2v) is 7.58. The molecular weight excluding hydrogens is 416 g/mol. The number of rotatable bonds is 7. The van der Waals surface area contributed by atoms with Gasteiger partial charge in [-0.05, 0) is 43.7 Å². The molecule has 0 aliphatic carbocycles. The highest BCUT2D eigenvalue weighted by atomic mass is 16.5. The summed E-state index contributed by atoms with van der Waals surface area (Å²) in [5.74, 6) is 0.380. The summed E-state index contributed by atoms with van der Waals surface area (Å²) in [6.45, 7) is 5.06. The predicted octanol–water partition coefficient (Wildman–Crippen LogP) is 4.34. The van der Waals surface area contributed by atoms with Crippen molar-refractivity contribution in [1.82, 2.24) is 24.1 Å². The highest BCUT2D eigenvalue weighted by Gasteiger charge is 2.18. The molecule has 0 aliphatic rings. The van der Waals surface area contributed by atoms with Crippen LogP contribution in [0.3, 0.4) is 0 Å². The maximum absolute atomic E-state index is 13.1. The summed E-state index contributed by atoms with van der Waals surface area (Å²) < 4.78 is 9.23. The third-order valence-electron chi connectivity index (χ3n) is 5.47. The van der Waals surface area contributed by atoms with Crippen molar-refractivity contribution in [2.75, 3.05) is 11.9 Å². The summed E-state index contributed by atoms with van der Waals surface area (Å²) in [7, 11) is 0. The van der Waals surface area contributed by atoms with Crippen LogP contribution in [0.25, 0.3) is 16.6 Å². The first-order chi connectivity index (χ1) is 16.2. The fourth-order valence-electron chi connectivity index (χ4n) is 3.99. The van der Waals surface area contributed by atoms with Crippen molar-refractivity contribution in [3.63, 3.8) is 0 Å². The smallest absolute Gasteiger partial charge is 0.274 e. The summed E-state index contributed by atoms with van der Waals surface area (Å²) in [5.41, 5.74) is 4.64. The van der Waals surface area contributed by atoms with Crippen molar-refractivity contribution < 1.29 is 9.53 Å². The summed E-state index contributed by atoms with van der Waals surface area (Å²) >= 11 is 0. The van der Waals surface area contributed by atoms with E-state index in [0.717, 1.165) is 40.0 Å². The average molecular weight is 441 g/mol. The highest BCUT2D eigenvalue weighted by Crippen LogP contribution is 2.28. The maximum Gasteiger partial charge on any atom is 0.274 e. The molecule has 8 heteroatoms. The molecule has 0 atom stereocenters. The van der Waals surface area contributed by atoms with E-state index in [1.807, 2.05) is 72.4 Å². The first-order valence-electron chi connectivity index (χ1n) is 11.0. The van der Waals surface area contributed by atoms with Crippen LogP contribution in [0.2, 0.25) is 0 Å². The molecule has 0 radical (unpaired) electrons. The van der Waals surface area contributed by atoms with E-state index in [2.05, 4.69) is 22.2 Å². The van der Waals surface area contributed by atoms with E-state index in [4.69, 9.17) is 9.84 Å². The Bertz CT molecular complexity index is 1450. The highest BCUT2D eigenvalue weighted by molar-refractivity contribution is 6.08. The fraction of sp³-hybridized carbons (Fsp3) is 0.200. The number of nitrogens with zero attached hydrogens (tertiary/aromatic N) is 5. The maximum atomic E-state index is 13.1. The molecule has 1 aromatic carbocycles. The number of carbonyl (C=O) groups excluding carboxylic acids is 1. The molecular formula is C25H24N6O2. The van der Waals surface area contributed by atoms with Gasteiger partial charge in [0.2, 0.25) is 5.88 Å². The Morgan fingerprint density at radius 2 is 1.94 bits per heavy atom. The van der Waals surface area contributed by atoms with Crippen LogP contribution >= 0.6 is 0 Å². The zero-order valence-corrected chi connectivity index (χ0v) is 18.5. The number of carbonyl (C=O) groups is 1. The number of fused-ring (bicyclic) bond motifs is 2. The van der Waals surface area contributed by atoms with E-state index in [0.29, 0.717) is 24.7 Å². The van der Waals surface area contributed by atoms with Gasteiger partial charge in [-0.15, -0.1) is 0 Å². The van der Waals surface area contributed by atoms with Crippen LogP contribution in [0.4, 0.5) is 5.69 Å². The van der Waals surface area contributed by atoms with Crippen molar-refractivity contribution in [2.24, 2.45) is 0 Å². The average Bonchev–Trinajstić information content (AvgIpc) is 3.42. The molecule has 0 fully saturated rings. The van der Waals surface area contributed by atoms with Gasteiger partial charge in [-0.25, -0.2) is 9.97 Å². The molecule has 4 heterocycles. The van der Waals surface area contributed by atoms with Gasteiger partial charge in [-0.2, -0.15) is 5.10 Å². The molecule has 4 aromatic heterocycles. The lowest BCUT2D eigenvalue weighted by Gasteiger charge is -2.09. The van der Waals surface area contributed by atoms with Gasteiger partial charge >= 0.3 is 0 Å². The Morgan fingerprint density at radius 1 is 1.06 bits per heavy atom. The Labute approximate surface area is 190 Å². The minimum absolute atomic E-state index is 0.220. The SMILES string of the molecule is CCOc1cccc(Cn2nc(CC)c3c(NC(=O)c4cnc5ccccn45)cccc32)n1. The lowest BCUT2D eigenvalue weighted by atomic mass is 10.1. The molecule has 0 saturated heterocycles. The first kappa shape index (κ1) is 20.7. The molecule has 8 nitrogen and oxygen atoms in total. The van der Waals surface area contributed by atoms with Crippen LogP contribution in [-0.2, 0) is 13.0 Å². The van der Waals surface area contributed by atoms with E-state index < -0.39 is 0 Å². The lowest BCUT2D eigenvalue weighted by Crippen LogP contribution is -2.14. The number of benzene rings is 1. The van der Waals surface area contributed by atoms with Crippen molar-refractivity contribution >= 4 is 28.1 Å². The van der Waals surface area contributed by atoms with Crippen LogP contribution in [0, 0.1) is 0 Å². The number of nitrogens with one attached hydrogen (secondary N) is 1. The van der Waals surface area contributed by atoms with E-state index in [9.17, 15) is 4.79 Å². The normalized spacial score (nSPS) is 11.2. The quantitative estimate of drug-likeness (QED) is 0.407. The summed E-state index contributed by atoms with van der Waals surface area (Å²) in [5, 5.41) is 8.83. The van der Waals surface area contributed by atoms with Crippen molar-refractivity contribution in [3.05, 3.63) is 84.1 Å². The third-order valence-corrected chi connectivity index (χ3v) is 5.47. The first-order valence-corrected chi connectivity index (χ1v) is 11.0. The standard InChI is InChI=1S/C25H24N6O2/c1-3-18-24-19(28-25(32)21-15-26-22-12-5-6-14-30(21)22)10-8-11-20(24)31(29-18)16-17-9-7-13-23(27-17)33-4-2/h5-15H,3-4,16H2,1-2H3,(H,28,32). The molecule has 0 aliphatic heterocycles. The second kappa shape index (κ2) is 8.74. The van der Waals surface area contributed by atoms with E-state index in [-0.39, 0.29) is 5.91 Å². The Kier molecular flexibility index (Phi) is 5.48. The number of hydrogen-bond acceptors (Lipinski definition) is 5. The number of aryl methyl sites for hydroxylation is 1. The summed E-state index contributed by atoms with van der Waals surface area (Å²) in [6.07, 6.45) is 4.15. The van der Waals surface area contributed by atoms with E-state index in [1.54, 1.807) is 10.6 Å². The summed E-state index contributed by atoms with van der Waals surface area (Å²) in [6, 6.07) is 17.2. The van der Waals surface area contributed by atoms with Gasteiger partial charge in [-0.1, -0.05) is 25.1 Å². The van der Waals surface area contributed by atoms with Gasteiger partial charge in [-0.3, -0.25) is 13.9 Å². The van der Waals surface area contributed by atoms with Crippen LogP contribution in [-0.4, -0.2) is 36.7 Å². The number of anilines is 1. The largest absolute Gasteiger partial charge is 0.478 e. The van der Waals surface area contributed by atoms with E-state index >= 15 is 0 Å². The number of imidazole rings is 1. The Hall–Kier alpha value is -4.20.